The number of nitrogens with zero attached hydrogens (tertiary/aromatic N) is 2. The molecule has 1 saturated heterocycles. The monoisotopic (exact) mass is 447 g/mol. The van der Waals surface area contributed by atoms with Crippen molar-refractivity contribution in [1.29, 1.82) is 0 Å². The Morgan fingerprint density at radius 3 is 2.57 bits per heavy atom. The molecule has 1 N–H and O–H groups in total. The minimum absolute atomic E-state index is 0.195. The first-order valence-electron chi connectivity index (χ1n) is 9.87. The molecule has 0 radical (unpaired) electrons. The number of hydrogen-bond donors (Lipinski definition) is 1. The summed E-state index contributed by atoms with van der Waals surface area (Å²) in [5, 5.41) is 3.18. The summed E-state index contributed by atoms with van der Waals surface area (Å²) in [6, 6.07) is 11.0. The first-order chi connectivity index (χ1) is 14.4. The number of thiazole rings is 1. The van der Waals surface area contributed by atoms with Crippen molar-refractivity contribution < 1.29 is 17.6 Å². The van der Waals surface area contributed by atoms with Gasteiger partial charge in [-0.25, -0.2) is 17.8 Å². The molecule has 158 valence electrons. The number of sulfonamides is 1. The van der Waals surface area contributed by atoms with E-state index in [1.165, 1.54) is 23.5 Å². The lowest BCUT2D eigenvalue weighted by Gasteiger charge is -2.25. The smallest absolute Gasteiger partial charge is 0.243 e. The van der Waals surface area contributed by atoms with Crippen molar-refractivity contribution in [2.75, 3.05) is 18.4 Å². The van der Waals surface area contributed by atoms with Crippen LogP contribution < -0.4 is 5.32 Å². The maximum atomic E-state index is 13.3. The molecule has 4 rings (SSSR count). The first kappa shape index (κ1) is 20.9. The number of nitrogens with one attached hydrogen (secondary N) is 1. The molecular formula is C21H22FN3O3S2. The Morgan fingerprint density at radius 2 is 1.83 bits per heavy atom. The van der Waals surface area contributed by atoms with Gasteiger partial charge in [0.2, 0.25) is 15.9 Å². The Bertz CT molecular complexity index is 1150. The predicted octanol–water partition coefficient (Wildman–Crippen LogP) is 4.18. The molecule has 1 fully saturated rings. The van der Waals surface area contributed by atoms with E-state index in [0.717, 1.165) is 24.8 Å². The van der Waals surface area contributed by atoms with Crippen LogP contribution in [-0.4, -0.2) is 36.7 Å². The summed E-state index contributed by atoms with van der Waals surface area (Å²) < 4.78 is 40.9. The molecule has 6 nitrogen and oxygen atoms in total. The molecule has 1 amide bonds. The van der Waals surface area contributed by atoms with E-state index >= 15 is 0 Å². The fraction of sp³-hybridized carbons (Fsp3) is 0.333. The van der Waals surface area contributed by atoms with Gasteiger partial charge in [-0.3, -0.25) is 4.79 Å². The standard InChI is InChI=1S/C21H22FN3O3S2/c22-16-7-10-18-19(14-16)29-21(23-18)24-20(26)11-6-15-4-8-17(9-5-15)30(27,28)25-12-2-1-3-13-25/h4-5,7-10,14H,1-3,6,11-13H2,(H,23,24,26). The number of piperidine rings is 1. The maximum absolute atomic E-state index is 13.3. The molecule has 9 heteroatoms. The summed E-state index contributed by atoms with van der Waals surface area (Å²) in [6.07, 6.45) is 3.59. The first-order valence-corrected chi connectivity index (χ1v) is 12.1. The average Bonchev–Trinajstić information content (AvgIpc) is 3.14. The van der Waals surface area contributed by atoms with Gasteiger partial charge in [-0.05, 0) is 55.2 Å². The van der Waals surface area contributed by atoms with E-state index in [0.29, 0.717) is 39.8 Å². The van der Waals surface area contributed by atoms with E-state index in [2.05, 4.69) is 10.3 Å². The largest absolute Gasteiger partial charge is 0.302 e. The molecular weight excluding hydrogens is 425 g/mol. The molecule has 0 saturated carbocycles. The van der Waals surface area contributed by atoms with Crippen molar-refractivity contribution in [3.8, 4) is 0 Å². The van der Waals surface area contributed by atoms with Gasteiger partial charge < -0.3 is 5.32 Å². The predicted molar refractivity (Wildman–Crippen MR) is 116 cm³/mol. The molecule has 0 bridgehead atoms. The molecule has 1 aromatic heterocycles. The molecule has 1 aliphatic heterocycles. The van der Waals surface area contributed by atoms with Crippen molar-refractivity contribution in [3.05, 3.63) is 53.8 Å². The quantitative estimate of drug-likeness (QED) is 0.615. The van der Waals surface area contributed by atoms with Crippen LogP contribution in [0.3, 0.4) is 0 Å². The van der Waals surface area contributed by atoms with Crippen LogP contribution in [0.5, 0.6) is 0 Å². The number of hydrogen-bond acceptors (Lipinski definition) is 5. The Morgan fingerprint density at radius 1 is 1.10 bits per heavy atom. The number of carbonyl (C=O) groups is 1. The number of halogens is 1. The number of rotatable bonds is 6. The maximum Gasteiger partial charge on any atom is 0.243 e. The molecule has 1 aliphatic rings. The summed E-state index contributed by atoms with van der Waals surface area (Å²) in [4.78, 5) is 16.8. The van der Waals surface area contributed by atoms with Crippen molar-refractivity contribution in [2.24, 2.45) is 0 Å². The zero-order chi connectivity index (χ0) is 21.1. The highest BCUT2D eigenvalue weighted by atomic mass is 32.2. The second-order valence-electron chi connectivity index (χ2n) is 7.29. The van der Waals surface area contributed by atoms with Crippen molar-refractivity contribution in [1.82, 2.24) is 9.29 Å². The summed E-state index contributed by atoms with van der Waals surface area (Å²) in [5.41, 5.74) is 1.52. The molecule has 0 aliphatic carbocycles. The molecule has 0 unspecified atom stereocenters. The highest BCUT2D eigenvalue weighted by Gasteiger charge is 2.25. The summed E-state index contributed by atoms with van der Waals surface area (Å²) in [7, 11) is -3.45. The summed E-state index contributed by atoms with van der Waals surface area (Å²) in [6.45, 7) is 1.14. The van der Waals surface area contributed by atoms with E-state index in [9.17, 15) is 17.6 Å². The zero-order valence-corrected chi connectivity index (χ0v) is 17.9. The van der Waals surface area contributed by atoms with Crippen molar-refractivity contribution in [2.45, 2.75) is 37.0 Å². The molecule has 30 heavy (non-hydrogen) atoms. The van der Waals surface area contributed by atoms with Gasteiger partial charge in [0.25, 0.3) is 0 Å². The third kappa shape index (κ3) is 4.69. The van der Waals surface area contributed by atoms with Crippen LogP contribution >= 0.6 is 11.3 Å². The molecule has 0 spiro atoms. The van der Waals surface area contributed by atoms with E-state index in [1.54, 1.807) is 34.6 Å². The van der Waals surface area contributed by atoms with E-state index in [4.69, 9.17) is 0 Å². The lowest BCUT2D eigenvalue weighted by atomic mass is 10.1. The van der Waals surface area contributed by atoms with Crippen LogP contribution in [-0.2, 0) is 21.2 Å². The van der Waals surface area contributed by atoms with E-state index < -0.39 is 10.0 Å². The van der Waals surface area contributed by atoms with Gasteiger partial charge in [0.15, 0.2) is 5.13 Å². The number of amides is 1. The number of fused-ring (bicyclic) bond motifs is 1. The molecule has 3 aromatic rings. The number of carbonyl (C=O) groups excluding carboxylic acids is 1. The second-order valence-corrected chi connectivity index (χ2v) is 10.3. The topological polar surface area (TPSA) is 79.4 Å². The Hall–Kier alpha value is -2.36. The number of aryl methyl sites for hydroxylation is 1. The average molecular weight is 448 g/mol. The van der Waals surface area contributed by atoms with Gasteiger partial charge in [0, 0.05) is 19.5 Å². The van der Waals surface area contributed by atoms with Gasteiger partial charge in [0.05, 0.1) is 15.1 Å². The molecule has 2 heterocycles. The SMILES string of the molecule is O=C(CCc1ccc(S(=O)(=O)N2CCCCC2)cc1)Nc1nc2ccc(F)cc2s1. The minimum atomic E-state index is -3.45. The van der Waals surface area contributed by atoms with Crippen LogP contribution in [0.2, 0.25) is 0 Å². The number of aromatic nitrogens is 1. The van der Waals surface area contributed by atoms with Gasteiger partial charge in [0.1, 0.15) is 5.82 Å². The number of benzene rings is 2. The van der Waals surface area contributed by atoms with Gasteiger partial charge in [-0.2, -0.15) is 4.31 Å². The fourth-order valence-electron chi connectivity index (χ4n) is 3.47. The molecule has 2 aromatic carbocycles. The summed E-state index contributed by atoms with van der Waals surface area (Å²) >= 11 is 1.23. The van der Waals surface area contributed by atoms with Crippen LogP contribution in [0.4, 0.5) is 9.52 Å². The fourth-order valence-corrected chi connectivity index (χ4v) is 5.90. The number of anilines is 1. The van der Waals surface area contributed by atoms with Crippen molar-refractivity contribution >= 4 is 42.6 Å². The van der Waals surface area contributed by atoms with Crippen molar-refractivity contribution in [3.63, 3.8) is 0 Å². The Labute approximate surface area is 178 Å². The highest BCUT2D eigenvalue weighted by Crippen LogP contribution is 2.26. The van der Waals surface area contributed by atoms with Crippen LogP contribution in [0.15, 0.2) is 47.4 Å². The lowest BCUT2D eigenvalue weighted by molar-refractivity contribution is -0.116. The minimum Gasteiger partial charge on any atom is -0.302 e. The lowest BCUT2D eigenvalue weighted by Crippen LogP contribution is -2.35. The second kappa shape index (κ2) is 8.79. The normalized spacial score (nSPS) is 15.4. The van der Waals surface area contributed by atoms with Gasteiger partial charge in [-0.15, -0.1) is 0 Å². The van der Waals surface area contributed by atoms with E-state index in [1.807, 2.05) is 0 Å². The highest BCUT2D eigenvalue weighted by molar-refractivity contribution is 7.89. The Balaban J connectivity index is 1.34. The third-order valence-corrected chi connectivity index (χ3v) is 7.96. The summed E-state index contributed by atoms with van der Waals surface area (Å²) in [5.74, 6) is -0.533. The van der Waals surface area contributed by atoms with Gasteiger partial charge >= 0.3 is 0 Å². The van der Waals surface area contributed by atoms with Crippen LogP contribution in [0.1, 0.15) is 31.2 Å². The third-order valence-electron chi connectivity index (χ3n) is 5.11. The van der Waals surface area contributed by atoms with E-state index in [-0.39, 0.29) is 18.1 Å². The Kier molecular flexibility index (Phi) is 6.12. The zero-order valence-electron chi connectivity index (χ0n) is 16.3. The van der Waals surface area contributed by atoms with Crippen LogP contribution in [0.25, 0.3) is 10.2 Å². The molecule has 0 atom stereocenters. The van der Waals surface area contributed by atoms with Gasteiger partial charge in [-0.1, -0.05) is 29.9 Å². The van der Waals surface area contributed by atoms with Crippen LogP contribution in [0, 0.1) is 5.82 Å².